The molecule has 0 saturated carbocycles. The van der Waals surface area contributed by atoms with E-state index in [-0.39, 0.29) is 19.6 Å². The molecular weight excluding hydrogens is 200 g/mol. The van der Waals surface area contributed by atoms with Crippen LogP contribution in [0.25, 0.3) is 0 Å². The Bertz CT molecular complexity index is 259. The Morgan fingerprint density at radius 2 is 2.27 bits per heavy atom. The fraction of sp³-hybridized carbons (Fsp3) is 0.556. The summed E-state index contributed by atoms with van der Waals surface area (Å²) in [5, 5.41) is 10.9. The van der Waals surface area contributed by atoms with Gasteiger partial charge in [0.2, 0.25) is 5.91 Å². The minimum absolute atomic E-state index is 0.0576. The Balaban J connectivity index is 3.90. The minimum atomic E-state index is -1.17. The van der Waals surface area contributed by atoms with Gasteiger partial charge in [0, 0.05) is 13.0 Å². The standard InChI is InChI=1S/C9H14N2O4/c1-2-3-7(9(13)14)11-8(12)6-15-5-4-10/h1,7H,3-6,10H2,(H,11,12)(H,13,14). The number of ether oxygens (including phenoxy) is 1. The van der Waals surface area contributed by atoms with Crippen LogP contribution in [0.4, 0.5) is 0 Å². The summed E-state index contributed by atoms with van der Waals surface area (Å²) in [4.78, 5) is 21.7. The molecule has 0 aliphatic heterocycles. The SMILES string of the molecule is C#CCC(NC(=O)COCCN)C(=O)O. The third-order valence-electron chi connectivity index (χ3n) is 1.45. The van der Waals surface area contributed by atoms with Crippen molar-refractivity contribution in [2.75, 3.05) is 19.8 Å². The van der Waals surface area contributed by atoms with E-state index in [2.05, 4.69) is 11.2 Å². The van der Waals surface area contributed by atoms with Gasteiger partial charge in [0.1, 0.15) is 12.6 Å². The smallest absolute Gasteiger partial charge is 0.327 e. The maximum atomic E-state index is 11.1. The first-order chi connectivity index (χ1) is 7.11. The van der Waals surface area contributed by atoms with Crippen LogP contribution < -0.4 is 11.1 Å². The normalized spacial score (nSPS) is 11.5. The molecule has 15 heavy (non-hydrogen) atoms. The number of hydrogen-bond donors (Lipinski definition) is 3. The largest absolute Gasteiger partial charge is 0.480 e. The molecule has 1 unspecified atom stereocenters. The molecule has 0 bridgehead atoms. The zero-order chi connectivity index (χ0) is 11.7. The summed E-state index contributed by atoms with van der Waals surface area (Å²) in [6, 6.07) is -1.07. The summed E-state index contributed by atoms with van der Waals surface area (Å²) >= 11 is 0. The number of hydrogen-bond acceptors (Lipinski definition) is 4. The predicted molar refractivity (Wildman–Crippen MR) is 52.9 cm³/mol. The van der Waals surface area contributed by atoms with Gasteiger partial charge in [-0.2, -0.15) is 0 Å². The van der Waals surface area contributed by atoms with Crippen LogP contribution in [-0.4, -0.2) is 42.8 Å². The molecule has 1 atom stereocenters. The highest BCUT2D eigenvalue weighted by molar-refractivity contribution is 5.84. The molecule has 6 nitrogen and oxygen atoms in total. The van der Waals surface area contributed by atoms with Crippen LogP contribution in [-0.2, 0) is 14.3 Å². The highest BCUT2D eigenvalue weighted by atomic mass is 16.5. The van der Waals surface area contributed by atoms with Crippen LogP contribution in [0.3, 0.4) is 0 Å². The average Bonchev–Trinajstić information content (AvgIpc) is 2.17. The topological polar surface area (TPSA) is 102 Å². The van der Waals surface area contributed by atoms with Crippen molar-refractivity contribution in [1.29, 1.82) is 0 Å². The van der Waals surface area contributed by atoms with E-state index in [1.807, 2.05) is 0 Å². The number of nitrogens with two attached hydrogens (primary N) is 1. The fourth-order valence-corrected chi connectivity index (χ4v) is 0.802. The molecule has 0 aromatic carbocycles. The molecule has 84 valence electrons. The second-order valence-corrected chi connectivity index (χ2v) is 2.71. The van der Waals surface area contributed by atoms with Gasteiger partial charge in [-0.3, -0.25) is 4.79 Å². The predicted octanol–water partition coefficient (Wildman–Crippen LogP) is -1.45. The van der Waals surface area contributed by atoms with E-state index in [4.69, 9.17) is 22.0 Å². The van der Waals surface area contributed by atoms with Crippen LogP contribution in [0, 0.1) is 12.3 Å². The van der Waals surface area contributed by atoms with E-state index in [0.717, 1.165) is 0 Å². The van der Waals surface area contributed by atoms with E-state index >= 15 is 0 Å². The molecule has 1 amide bonds. The van der Waals surface area contributed by atoms with E-state index in [1.54, 1.807) is 0 Å². The lowest BCUT2D eigenvalue weighted by Crippen LogP contribution is -2.42. The van der Waals surface area contributed by atoms with Crippen LogP contribution in [0.2, 0.25) is 0 Å². The summed E-state index contributed by atoms with van der Waals surface area (Å²) in [5.41, 5.74) is 5.13. The van der Waals surface area contributed by atoms with Crippen molar-refractivity contribution >= 4 is 11.9 Å². The lowest BCUT2D eigenvalue weighted by molar-refractivity contribution is -0.142. The molecule has 0 saturated heterocycles. The Morgan fingerprint density at radius 3 is 2.73 bits per heavy atom. The van der Waals surface area contributed by atoms with Crippen molar-refractivity contribution in [2.45, 2.75) is 12.5 Å². The second-order valence-electron chi connectivity index (χ2n) is 2.71. The van der Waals surface area contributed by atoms with Gasteiger partial charge in [-0.25, -0.2) is 4.79 Å². The van der Waals surface area contributed by atoms with Gasteiger partial charge in [0.15, 0.2) is 0 Å². The van der Waals surface area contributed by atoms with Crippen molar-refractivity contribution in [3.63, 3.8) is 0 Å². The maximum Gasteiger partial charge on any atom is 0.327 e. The van der Waals surface area contributed by atoms with Crippen LogP contribution >= 0.6 is 0 Å². The molecule has 0 aromatic rings. The average molecular weight is 214 g/mol. The second kappa shape index (κ2) is 7.79. The molecule has 0 aromatic heterocycles. The zero-order valence-corrected chi connectivity index (χ0v) is 8.23. The molecular formula is C9H14N2O4. The number of carboxylic acid groups (broad SMARTS) is 1. The van der Waals surface area contributed by atoms with Crippen LogP contribution in [0.5, 0.6) is 0 Å². The van der Waals surface area contributed by atoms with Gasteiger partial charge < -0.3 is 20.9 Å². The Hall–Kier alpha value is -1.58. The number of amides is 1. The van der Waals surface area contributed by atoms with Crippen LogP contribution in [0.1, 0.15) is 6.42 Å². The van der Waals surface area contributed by atoms with E-state index in [9.17, 15) is 9.59 Å². The first kappa shape index (κ1) is 13.4. The molecule has 4 N–H and O–H groups in total. The highest BCUT2D eigenvalue weighted by Gasteiger charge is 2.18. The lowest BCUT2D eigenvalue weighted by atomic mass is 10.2. The summed E-state index contributed by atoms with van der Waals surface area (Å²) in [7, 11) is 0. The number of carbonyl (C=O) groups excluding carboxylic acids is 1. The summed E-state index contributed by atoms with van der Waals surface area (Å²) in [6.45, 7) is 0.339. The van der Waals surface area contributed by atoms with Crippen molar-refractivity contribution in [2.24, 2.45) is 5.73 Å². The molecule has 0 rings (SSSR count). The summed E-state index contributed by atoms with van der Waals surface area (Å²) in [5.74, 6) is 0.477. The molecule has 0 spiro atoms. The van der Waals surface area contributed by atoms with Gasteiger partial charge in [0.25, 0.3) is 0 Å². The summed E-state index contributed by atoms with van der Waals surface area (Å²) < 4.78 is 4.82. The highest BCUT2D eigenvalue weighted by Crippen LogP contribution is 1.90. The minimum Gasteiger partial charge on any atom is -0.480 e. The first-order valence-electron chi connectivity index (χ1n) is 4.35. The third-order valence-corrected chi connectivity index (χ3v) is 1.45. The van der Waals surface area contributed by atoms with E-state index in [1.165, 1.54) is 0 Å². The van der Waals surface area contributed by atoms with E-state index < -0.39 is 17.9 Å². The van der Waals surface area contributed by atoms with Crippen molar-refractivity contribution in [3.05, 3.63) is 0 Å². The quantitative estimate of drug-likeness (QED) is 0.355. The molecule has 6 heteroatoms. The Labute approximate surface area is 87.8 Å². The van der Waals surface area contributed by atoms with Crippen molar-refractivity contribution in [1.82, 2.24) is 5.32 Å². The molecule has 0 radical (unpaired) electrons. The number of terminal acetylenes is 1. The molecule has 0 aliphatic carbocycles. The summed E-state index contributed by atoms with van der Waals surface area (Å²) in [6.07, 6.45) is 4.89. The number of nitrogens with one attached hydrogen (secondary N) is 1. The first-order valence-corrected chi connectivity index (χ1v) is 4.35. The van der Waals surface area contributed by atoms with Gasteiger partial charge >= 0.3 is 5.97 Å². The maximum absolute atomic E-state index is 11.1. The molecule has 0 fully saturated rings. The number of aliphatic carboxylic acids is 1. The van der Waals surface area contributed by atoms with Gasteiger partial charge in [-0.1, -0.05) is 0 Å². The monoisotopic (exact) mass is 214 g/mol. The number of rotatable bonds is 7. The number of carbonyl (C=O) groups is 2. The lowest BCUT2D eigenvalue weighted by Gasteiger charge is -2.11. The van der Waals surface area contributed by atoms with Crippen LogP contribution in [0.15, 0.2) is 0 Å². The van der Waals surface area contributed by atoms with Gasteiger partial charge in [-0.15, -0.1) is 12.3 Å². The fourth-order valence-electron chi connectivity index (χ4n) is 0.802. The third kappa shape index (κ3) is 6.49. The molecule has 0 heterocycles. The number of carboxylic acids is 1. The van der Waals surface area contributed by atoms with Crippen molar-refractivity contribution in [3.8, 4) is 12.3 Å². The van der Waals surface area contributed by atoms with Gasteiger partial charge in [0.05, 0.1) is 6.61 Å². The zero-order valence-electron chi connectivity index (χ0n) is 8.23. The van der Waals surface area contributed by atoms with E-state index in [0.29, 0.717) is 6.54 Å². The van der Waals surface area contributed by atoms with Crippen molar-refractivity contribution < 1.29 is 19.4 Å². The Kier molecular flexibility index (Phi) is 6.97. The van der Waals surface area contributed by atoms with Gasteiger partial charge in [-0.05, 0) is 0 Å². The Morgan fingerprint density at radius 1 is 1.60 bits per heavy atom. The molecule has 0 aliphatic rings.